The van der Waals surface area contributed by atoms with E-state index in [9.17, 15) is 4.79 Å². The summed E-state index contributed by atoms with van der Waals surface area (Å²) in [7, 11) is 0. The van der Waals surface area contributed by atoms with Gasteiger partial charge in [0, 0.05) is 20.0 Å². The number of carbonyl (C=O) groups is 1. The van der Waals surface area contributed by atoms with E-state index in [4.69, 9.17) is 0 Å². The smallest absolute Gasteiger partial charge is 0.223 e. The molecule has 1 N–H and O–H groups in total. The molecular formula is C14H21N3OS. The van der Waals surface area contributed by atoms with Gasteiger partial charge in [0.25, 0.3) is 0 Å². The van der Waals surface area contributed by atoms with Crippen LogP contribution >= 0.6 is 11.3 Å². The van der Waals surface area contributed by atoms with Crippen LogP contribution in [-0.2, 0) is 4.79 Å². The average Bonchev–Trinajstić information content (AvgIpc) is 2.70. The third kappa shape index (κ3) is 3.64. The summed E-state index contributed by atoms with van der Waals surface area (Å²) in [6.45, 7) is 9.03. The molecule has 0 aromatic carbocycles. The van der Waals surface area contributed by atoms with Gasteiger partial charge in [0.2, 0.25) is 5.91 Å². The Morgan fingerprint density at radius 1 is 1.58 bits per heavy atom. The van der Waals surface area contributed by atoms with E-state index in [-0.39, 0.29) is 5.91 Å². The second kappa shape index (κ2) is 6.30. The first-order valence-electron chi connectivity index (χ1n) is 6.77. The maximum absolute atomic E-state index is 11.1. The molecule has 1 aromatic heterocycles. The standard InChI is InChI=1S/C14H21N3OS/c1-4-7-17-8-5-6-12(9-17)13-10(2)15-14(19-13)16-11(3)18/h6H,4-5,7-9H2,1-3H3,(H,15,16,18). The predicted molar refractivity (Wildman–Crippen MR) is 80.5 cm³/mol. The fraction of sp³-hybridized carbons (Fsp3) is 0.571. The quantitative estimate of drug-likeness (QED) is 0.921. The second-order valence-electron chi connectivity index (χ2n) is 4.91. The van der Waals surface area contributed by atoms with Crippen LogP contribution in [0.4, 0.5) is 5.13 Å². The fourth-order valence-corrected chi connectivity index (χ4v) is 3.42. The van der Waals surface area contributed by atoms with Gasteiger partial charge in [-0.25, -0.2) is 4.98 Å². The maximum Gasteiger partial charge on any atom is 0.223 e. The molecule has 0 saturated heterocycles. The lowest BCUT2D eigenvalue weighted by molar-refractivity contribution is -0.114. The number of carbonyl (C=O) groups excluding carboxylic acids is 1. The number of nitrogens with one attached hydrogen (secondary N) is 1. The summed E-state index contributed by atoms with van der Waals surface area (Å²) < 4.78 is 0. The normalized spacial score (nSPS) is 16.3. The Labute approximate surface area is 118 Å². The number of aryl methyl sites for hydroxylation is 1. The number of nitrogens with zero attached hydrogens (tertiary/aromatic N) is 2. The minimum absolute atomic E-state index is 0.0643. The van der Waals surface area contributed by atoms with E-state index in [0.29, 0.717) is 5.13 Å². The number of hydrogen-bond donors (Lipinski definition) is 1. The summed E-state index contributed by atoms with van der Waals surface area (Å²) in [6.07, 6.45) is 4.60. The maximum atomic E-state index is 11.1. The van der Waals surface area contributed by atoms with Crippen molar-refractivity contribution < 1.29 is 4.79 Å². The molecule has 0 fully saturated rings. The molecule has 2 rings (SSSR count). The lowest BCUT2D eigenvalue weighted by Gasteiger charge is -2.26. The van der Waals surface area contributed by atoms with Crippen LogP contribution in [0.1, 0.15) is 37.3 Å². The third-order valence-corrected chi connectivity index (χ3v) is 4.29. The predicted octanol–water partition coefficient (Wildman–Crippen LogP) is 2.91. The molecular weight excluding hydrogens is 258 g/mol. The van der Waals surface area contributed by atoms with Crippen LogP contribution in [0.5, 0.6) is 0 Å². The van der Waals surface area contributed by atoms with Crippen molar-refractivity contribution in [2.24, 2.45) is 0 Å². The molecule has 0 radical (unpaired) electrons. The summed E-state index contributed by atoms with van der Waals surface area (Å²) in [5, 5.41) is 3.47. The monoisotopic (exact) mass is 279 g/mol. The van der Waals surface area contributed by atoms with Gasteiger partial charge >= 0.3 is 0 Å². The van der Waals surface area contributed by atoms with Gasteiger partial charge in [0.1, 0.15) is 0 Å². The highest BCUT2D eigenvalue weighted by Crippen LogP contribution is 2.31. The molecule has 104 valence electrons. The molecule has 0 saturated carbocycles. The van der Waals surface area contributed by atoms with Crippen molar-refractivity contribution in [2.45, 2.75) is 33.6 Å². The summed E-state index contributed by atoms with van der Waals surface area (Å²) in [4.78, 5) is 19.2. The van der Waals surface area contributed by atoms with E-state index in [2.05, 4.69) is 28.2 Å². The van der Waals surface area contributed by atoms with Crippen molar-refractivity contribution >= 4 is 27.9 Å². The van der Waals surface area contributed by atoms with Crippen LogP contribution < -0.4 is 5.32 Å². The molecule has 0 spiro atoms. The molecule has 1 aliphatic heterocycles. The van der Waals surface area contributed by atoms with Gasteiger partial charge in [0.15, 0.2) is 5.13 Å². The average molecular weight is 279 g/mol. The van der Waals surface area contributed by atoms with Gasteiger partial charge in [-0.15, -0.1) is 0 Å². The Morgan fingerprint density at radius 3 is 3.05 bits per heavy atom. The molecule has 0 aliphatic carbocycles. The highest BCUT2D eigenvalue weighted by molar-refractivity contribution is 7.17. The Morgan fingerprint density at radius 2 is 2.37 bits per heavy atom. The van der Waals surface area contributed by atoms with Gasteiger partial charge in [0.05, 0.1) is 10.6 Å². The van der Waals surface area contributed by atoms with E-state index in [1.807, 2.05) is 6.92 Å². The summed E-state index contributed by atoms with van der Waals surface area (Å²) in [6, 6.07) is 0. The molecule has 0 bridgehead atoms. The SMILES string of the molecule is CCCN1CCC=C(c2sc(NC(C)=O)nc2C)C1. The van der Waals surface area contributed by atoms with Gasteiger partial charge in [-0.2, -0.15) is 0 Å². The minimum atomic E-state index is -0.0643. The number of thiazole rings is 1. The lowest BCUT2D eigenvalue weighted by Crippen LogP contribution is -2.30. The van der Waals surface area contributed by atoms with Crippen molar-refractivity contribution in [3.05, 3.63) is 16.6 Å². The van der Waals surface area contributed by atoms with Crippen LogP contribution in [0.25, 0.3) is 5.57 Å². The molecule has 19 heavy (non-hydrogen) atoms. The van der Waals surface area contributed by atoms with Gasteiger partial charge in [-0.05, 0) is 31.9 Å². The molecule has 0 atom stereocenters. The third-order valence-electron chi connectivity index (χ3n) is 3.14. The Bertz CT molecular complexity index is 493. The first-order valence-corrected chi connectivity index (χ1v) is 7.58. The van der Waals surface area contributed by atoms with Crippen LogP contribution in [0, 0.1) is 6.92 Å². The molecule has 2 heterocycles. The highest BCUT2D eigenvalue weighted by Gasteiger charge is 2.18. The van der Waals surface area contributed by atoms with Gasteiger partial charge < -0.3 is 5.32 Å². The molecule has 1 aliphatic rings. The summed E-state index contributed by atoms with van der Waals surface area (Å²) in [5.74, 6) is -0.0643. The van der Waals surface area contributed by atoms with E-state index < -0.39 is 0 Å². The summed E-state index contributed by atoms with van der Waals surface area (Å²) >= 11 is 1.58. The molecule has 0 unspecified atom stereocenters. The minimum Gasteiger partial charge on any atom is -0.302 e. The van der Waals surface area contributed by atoms with Crippen LogP contribution in [0.3, 0.4) is 0 Å². The lowest BCUT2D eigenvalue weighted by atomic mass is 10.1. The van der Waals surface area contributed by atoms with Crippen LogP contribution in [0.2, 0.25) is 0 Å². The van der Waals surface area contributed by atoms with Crippen LogP contribution in [-0.4, -0.2) is 35.4 Å². The second-order valence-corrected chi connectivity index (χ2v) is 5.91. The Hall–Kier alpha value is -1.20. The van der Waals surface area contributed by atoms with Crippen molar-refractivity contribution in [2.75, 3.05) is 25.0 Å². The Kier molecular flexibility index (Phi) is 4.71. The fourth-order valence-electron chi connectivity index (χ4n) is 2.38. The number of aromatic nitrogens is 1. The molecule has 5 heteroatoms. The largest absolute Gasteiger partial charge is 0.302 e. The molecule has 1 aromatic rings. The summed E-state index contributed by atoms with van der Waals surface area (Å²) in [5.41, 5.74) is 2.37. The van der Waals surface area contributed by atoms with E-state index >= 15 is 0 Å². The van der Waals surface area contributed by atoms with E-state index in [1.165, 1.54) is 23.8 Å². The van der Waals surface area contributed by atoms with Crippen molar-refractivity contribution in [3.63, 3.8) is 0 Å². The number of hydrogen-bond acceptors (Lipinski definition) is 4. The molecule has 4 nitrogen and oxygen atoms in total. The van der Waals surface area contributed by atoms with E-state index in [0.717, 1.165) is 31.7 Å². The zero-order valence-electron chi connectivity index (χ0n) is 11.8. The van der Waals surface area contributed by atoms with Crippen molar-refractivity contribution in [1.29, 1.82) is 0 Å². The first kappa shape index (κ1) is 14.2. The number of amides is 1. The highest BCUT2D eigenvalue weighted by atomic mass is 32.1. The van der Waals surface area contributed by atoms with Crippen molar-refractivity contribution in [3.8, 4) is 0 Å². The number of anilines is 1. The first-order chi connectivity index (χ1) is 9.10. The van der Waals surface area contributed by atoms with Gasteiger partial charge in [-0.3, -0.25) is 9.69 Å². The topological polar surface area (TPSA) is 45.2 Å². The zero-order valence-corrected chi connectivity index (χ0v) is 12.6. The van der Waals surface area contributed by atoms with Crippen LogP contribution in [0.15, 0.2) is 6.08 Å². The van der Waals surface area contributed by atoms with E-state index in [1.54, 1.807) is 11.3 Å². The molecule has 1 amide bonds. The van der Waals surface area contributed by atoms with Gasteiger partial charge in [-0.1, -0.05) is 24.3 Å². The Balaban J connectivity index is 2.15. The number of rotatable bonds is 4. The van der Waals surface area contributed by atoms with Crippen molar-refractivity contribution in [1.82, 2.24) is 9.88 Å². The zero-order chi connectivity index (χ0) is 13.8.